The van der Waals surface area contributed by atoms with Gasteiger partial charge in [0, 0.05) is 53.7 Å². The van der Waals surface area contributed by atoms with E-state index in [0.717, 1.165) is 29.5 Å². The largest absolute Gasteiger partial charge is 0.512 e. The molecule has 6 heteroatoms. The van der Waals surface area contributed by atoms with Gasteiger partial charge in [-0.1, -0.05) is 55.4 Å². The van der Waals surface area contributed by atoms with Gasteiger partial charge in [-0.15, -0.1) is 23.5 Å². The second kappa shape index (κ2) is 12.6. The number of hydrogen-bond acceptors (Lipinski definition) is 5. The molecule has 0 aliphatic carbocycles. The van der Waals surface area contributed by atoms with Gasteiger partial charge in [0.25, 0.3) is 0 Å². The van der Waals surface area contributed by atoms with Crippen LogP contribution in [-0.4, -0.2) is 15.9 Å². The maximum atomic E-state index is 11.8. The van der Waals surface area contributed by atoms with Gasteiger partial charge in [-0.2, -0.15) is 17.2 Å². The molecule has 2 aromatic heterocycles. The molecule has 2 heterocycles. The molecule has 0 aliphatic heterocycles. The van der Waals surface area contributed by atoms with Crippen LogP contribution >= 0.6 is 11.3 Å². The number of ether oxygens (including phenoxy) is 1. The minimum absolute atomic E-state index is 0. The molecule has 3 rings (SSSR count). The molecule has 0 amide bonds. The third kappa shape index (κ3) is 8.04. The van der Waals surface area contributed by atoms with Crippen LogP contribution < -0.4 is 4.74 Å². The summed E-state index contributed by atoms with van der Waals surface area (Å²) in [5.41, 5.74) is 1.55. The summed E-state index contributed by atoms with van der Waals surface area (Å²) >= 11 is 1.69. The minimum atomic E-state index is -0.377. The van der Waals surface area contributed by atoms with Gasteiger partial charge in [0.1, 0.15) is 5.76 Å². The maximum Gasteiger partial charge on any atom is 0.225 e. The van der Waals surface area contributed by atoms with Crippen molar-refractivity contribution in [2.75, 3.05) is 0 Å². The van der Waals surface area contributed by atoms with Gasteiger partial charge >= 0.3 is 0 Å². The number of allylic oxidation sites excluding steroid dienone is 2. The fraction of sp³-hybridized carbons (Fsp3) is 0.429. The van der Waals surface area contributed by atoms with Crippen LogP contribution in [0.1, 0.15) is 65.5 Å². The molecule has 0 atom stereocenters. The van der Waals surface area contributed by atoms with E-state index in [9.17, 15) is 9.90 Å². The first-order chi connectivity index (χ1) is 15.4. The van der Waals surface area contributed by atoms with Crippen molar-refractivity contribution in [3.05, 3.63) is 64.9 Å². The Balaban J connectivity index is 0.000000338. The maximum absolute atomic E-state index is 11.8. The Labute approximate surface area is 221 Å². The van der Waals surface area contributed by atoms with Crippen LogP contribution in [0.4, 0.5) is 0 Å². The Bertz CT molecular complexity index is 1110. The first-order valence-electron chi connectivity index (χ1n) is 11.4. The number of benzene rings is 1. The van der Waals surface area contributed by atoms with E-state index in [1.54, 1.807) is 17.5 Å². The summed E-state index contributed by atoms with van der Waals surface area (Å²) < 4.78 is 7.04. The van der Waals surface area contributed by atoms with Gasteiger partial charge in [-0.25, -0.2) is 4.98 Å². The number of rotatable bonds is 7. The number of hydrogen-bond donors (Lipinski definition) is 1. The van der Waals surface area contributed by atoms with Crippen molar-refractivity contribution in [3.8, 4) is 11.6 Å². The molecule has 0 spiro atoms. The van der Waals surface area contributed by atoms with Crippen LogP contribution in [0.2, 0.25) is 0 Å². The number of ketones is 1. The quantitative estimate of drug-likeness (QED) is 0.158. The SMILES string of the molecule is CCC(C)(C)C(=O)/C=C(\O)C(C)(C)CC.Cc1[c-]c(Oc2nccc3sccc23)cc(C)c1.[Ir]. The molecule has 1 radical (unpaired) electrons. The summed E-state index contributed by atoms with van der Waals surface area (Å²) in [7, 11) is 0. The molecular weight excluding hydrogens is 623 g/mol. The molecule has 0 unspecified atom stereocenters. The van der Waals surface area contributed by atoms with E-state index in [4.69, 9.17) is 4.74 Å². The molecule has 1 N–H and O–H groups in total. The fourth-order valence-corrected chi connectivity index (χ4v) is 3.61. The van der Waals surface area contributed by atoms with Gasteiger partial charge in [-0.3, -0.25) is 4.79 Å². The number of pyridine rings is 1. The summed E-state index contributed by atoms with van der Waals surface area (Å²) in [6.45, 7) is 15.7. The number of thiophene rings is 1. The molecule has 0 bridgehead atoms. The van der Waals surface area contributed by atoms with E-state index in [1.165, 1.54) is 16.3 Å². The van der Waals surface area contributed by atoms with Gasteiger partial charge in [0.05, 0.1) is 5.39 Å². The Morgan fingerprint density at radius 2 is 1.76 bits per heavy atom. The molecule has 0 saturated carbocycles. The number of aliphatic hydroxyl groups is 1. The van der Waals surface area contributed by atoms with Crippen LogP contribution in [0.15, 0.2) is 47.7 Å². The number of nitrogens with zero attached hydrogens (tertiary/aromatic N) is 1. The van der Waals surface area contributed by atoms with Crippen molar-refractivity contribution in [3.63, 3.8) is 0 Å². The van der Waals surface area contributed by atoms with E-state index in [2.05, 4.69) is 17.1 Å². The number of carbonyl (C=O) groups is 1. The molecule has 0 aliphatic rings. The van der Waals surface area contributed by atoms with E-state index in [0.29, 0.717) is 5.88 Å². The van der Waals surface area contributed by atoms with Crippen molar-refractivity contribution in [1.82, 2.24) is 4.98 Å². The van der Waals surface area contributed by atoms with E-state index in [1.807, 2.05) is 79.0 Å². The van der Waals surface area contributed by atoms with Crippen LogP contribution in [0.5, 0.6) is 11.6 Å². The first kappa shape index (κ1) is 30.0. The van der Waals surface area contributed by atoms with Crippen LogP contribution in [0.3, 0.4) is 0 Å². The number of aromatic nitrogens is 1. The molecule has 4 nitrogen and oxygen atoms in total. The predicted octanol–water partition coefficient (Wildman–Crippen LogP) is 8.37. The van der Waals surface area contributed by atoms with Crippen molar-refractivity contribution < 1.29 is 34.7 Å². The van der Waals surface area contributed by atoms with E-state index in [-0.39, 0.29) is 42.5 Å². The average molecular weight is 659 g/mol. The number of aliphatic hydroxyl groups excluding tert-OH is 1. The topological polar surface area (TPSA) is 59.4 Å². The molecule has 0 fully saturated rings. The number of aryl methyl sites for hydroxylation is 2. The summed E-state index contributed by atoms with van der Waals surface area (Å²) in [5.74, 6) is 1.56. The van der Waals surface area contributed by atoms with Gasteiger partial charge in [0.15, 0.2) is 5.78 Å². The third-order valence-electron chi connectivity index (χ3n) is 6.07. The second-order valence-electron chi connectivity index (χ2n) is 9.62. The summed E-state index contributed by atoms with van der Waals surface area (Å²) in [4.78, 5) is 16.1. The van der Waals surface area contributed by atoms with Gasteiger partial charge < -0.3 is 9.84 Å². The van der Waals surface area contributed by atoms with Crippen molar-refractivity contribution >= 4 is 27.2 Å². The standard InChI is InChI=1S/C15H12NOS.C13H24O2.Ir/c1-10-7-11(2)9-12(8-10)17-15-13-4-6-18-14(13)3-5-16-15;1-7-12(3,4)10(14)9-11(15)13(5,6)8-2;/h3-8H,1-2H3;9,14H,7-8H2,1-6H3;/q-1;;/b;10-9-;. The summed E-state index contributed by atoms with van der Waals surface area (Å²) in [5, 5.41) is 12.9. The molecule has 34 heavy (non-hydrogen) atoms. The zero-order valence-corrected chi connectivity index (χ0v) is 24.6. The molecule has 1 aromatic carbocycles. The van der Waals surface area contributed by atoms with E-state index < -0.39 is 0 Å². The zero-order valence-electron chi connectivity index (χ0n) is 21.4. The molecule has 0 saturated heterocycles. The Morgan fingerprint density at radius 1 is 1.12 bits per heavy atom. The molecular formula is C28H36IrNO3S-. The van der Waals surface area contributed by atoms with Crippen LogP contribution in [-0.2, 0) is 24.9 Å². The van der Waals surface area contributed by atoms with Gasteiger partial charge in [0.2, 0.25) is 5.88 Å². The Morgan fingerprint density at radius 3 is 2.35 bits per heavy atom. The van der Waals surface area contributed by atoms with Crippen molar-refractivity contribution in [2.45, 2.75) is 68.2 Å². The normalized spacial score (nSPS) is 11.9. The average Bonchev–Trinajstić information content (AvgIpc) is 3.23. The second-order valence-corrected chi connectivity index (χ2v) is 10.6. The predicted molar refractivity (Wildman–Crippen MR) is 138 cm³/mol. The zero-order chi connectivity index (χ0) is 24.8. The third-order valence-corrected chi connectivity index (χ3v) is 6.95. The molecule has 3 aromatic rings. The summed E-state index contributed by atoms with van der Waals surface area (Å²) in [6, 6.07) is 11.3. The minimum Gasteiger partial charge on any atom is -0.512 e. The smallest absolute Gasteiger partial charge is 0.225 e. The van der Waals surface area contributed by atoms with Crippen molar-refractivity contribution in [1.29, 1.82) is 0 Å². The first-order valence-corrected chi connectivity index (χ1v) is 12.2. The fourth-order valence-electron chi connectivity index (χ4n) is 2.84. The monoisotopic (exact) mass is 659 g/mol. The van der Waals surface area contributed by atoms with Gasteiger partial charge in [-0.05, 0) is 30.4 Å². The Hall–Kier alpha value is -2.01. The number of carbonyl (C=O) groups excluding carboxylic acids is 1. The Kier molecular flexibility index (Phi) is 11.1. The van der Waals surface area contributed by atoms with Crippen LogP contribution in [0, 0.1) is 30.7 Å². The van der Waals surface area contributed by atoms with E-state index >= 15 is 0 Å². The van der Waals surface area contributed by atoms with Crippen molar-refractivity contribution in [2.24, 2.45) is 10.8 Å². The molecule has 187 valence electrons. The summed E-state index contributed by atoms with van der Waals surface area (Å²) in [6.07, 6.45) is 4.77. The number of fused-ring (bicyclic) bond motifs is 1. The van der Waals surface area contributed by atoms with Crippen LogP contribution in [0.25, 0.3) is 10.1 Å².